The number of hydrogen-bond donors (Lipinski definition) is 4. The van der Waals surface area contributed by atoms with Gasteiger partial charge in [0.05, 0.1) is 12.1 Å². The molecule has 2 aromatic rings. The summed E-state index contributed by atoms with van der Waals surface area (Å²) in [6, 6.07) is 11.5. The summed E-state index contributed by atoms with van der Waals surface area (Å²) in [5.41, 5.74) is 0.760. The van der Waals surface area contributed by atoms with E-state index in [1.165, 1.54) is 18.2 Å². The van der Waals surface area contributed by atoms with Crippen molar-refractivity contribution >= 4 is 65.2 Å². The lowest BCUT2D eigenvalue weighted by atomic mass is 10.1. The average molecular weight is 811 g/mol. The van der Waals surface area contributed by atoms with Crippen molar-refractivity contribution in [1.29, 1.82) is 0 Å². The fraction of sp³-hybridized carbons (Fsp3) is 0.378. The first kappa shape index (κ1) is 45.2. The summed E-state index contributed by atoms with van der Waals surface area (Å²) in [5.74, 6) is -11.5. The van der Waals surface area contributed by atoms with Crippen LogP contribution in [0.3, 0.4) is 0 Å². The quantitative estimate of drug-likeness (QED) is 0.0890. The molecule has 1 aliphatic rings. The first-order valence-corrected chi connectivity index (χ1v) is 17.6. The van der Waals surface area contributed by atoms with Crippen LogP contribution in [0.25, 0.3) is 0 Å². The molecule has 310 valence electrons. The third kappa shape index (κ3) is 13.8. The number of carbonyl (C=O) groups is 11. The molecule has 7 amide bonds. The topological polar surface area (TPSA) is 286 Å². The van der Waals surface area contributed by atoms with Crippen LogP contribution in [0, 0.1) is 6.92 Å². The smallest absolute Gasteiger partial charge is 0.363 e. The molecule has 0 bridgehead atoms. The van der Waals surface area contributed by atoms with Gasteiger partial charge in [0.15, 0.2) is 0 Å². The molecular formula is C37H42N6O15. The van der Waals surface area contributed by atoms with Crippen LogP contribution in [0.1, 0.15) is 62.3 Å². The molecule has 2 aromatic carbocycles. The normalized spacial score (nSPS) is 12.0. The summed E-state index contributed by atoms with van der Waals surface area (Å²) < 4.78 is 0. The Morgan fingerprint density at radius 3 is 1.81 bits per heavy atom. The highest BCUT2D eigenvalue weighted by molar-refractivity contribution is 6.04. The second kappa shape index (κ2) is 21.2. The molecule has 3 rings (SSSR count). The van der Waals surface area contributed by atoms with E-state index in [1.54, 1.807) is 18.2 Å². The van der Waals surface area contributed by atoms with Crippen LogP contribution < -0.4 is 5.32 Å². The lowest BCUT2D eigenvalue weighted by Gasteiger charge is -2.28. The van der Waals surface area contributed by atoms with Gasteiger partial charge in [-0.1, -0.05) is 23.8 Å². The minimum Gasteiger partial charge on any atom is -0.480 e. The molecule has 1 saturated heterocycles. The van der Waals surface area contributed by atoms with Crippen molar-refractivity contribution < 1.29 is 72.9 Å². The number of benzene rings is 2. The zero-order valence-electron chi connectivity index (χ0n) is 31.6. The molecule has 1 fully saturated rings. The second-order valence-electron chi connectivity index (χ2n) is 13.0. The van der Waals surface area contributed by atoms with Crippen molar-refractivity contribution in [1.82, 2.24) is 30.0 Å². The number of unbranched alkanes of at least 4 members (excludes halogenated alkanes) is 1. The van der Waals surface area contributed by atoms with Gasteiger partial charge in [-0.05, 0) is 50.1 Å². The number of amides is 7. The van der Waals surface area contributed by atoms with E-state index in [4.69, 9.17) is 4.84 Å². The summed E-state index contributed by atoms with van der Waals surface area (Å²) >= 11 is 0. The maximum atomic E-state index is 13.4. The number of carbonyl (C=O) groups excluding carboxylic acids is 8. The number of rotatable bonds is 21. The van der Waals surface area contributed by atoms with Gasteiger partial charge in [0, 0.05) is 44.1 Å². The number of carboxylic acid groups (broad SMARTS) is 3. The zero-order chi connectivity index (χ0) is 43.1. The summed E-state index contributed by atoms with van der Waals surface area (Å²) in [7, 11) is 1.09. The van der Waals surface area contributed by atoms with E-state index in [-0.39, 0.29) is 49.4 Å². The Bertz CT molecular complexity index is 1950. The predicted octanol–water partition coefficient (Wildman–Crippen LogP) is -0.762. The van der Waals surface area contributed by atoms with Crippen molar-refractivity contribution in [2.45, 2.75) is 32.6 Å². The van der Waals surface area contributed by atoms with Gasteiger partial charge in [0.1, 0.15) is 32.7 Å². The number of aliphatic carboxylic acids is 3. The Morgan fingerprint density at radius 2 is 1.19 bits per heavy atom. The second-order valence-corrected chi connectivity index (χ2v) is 13.0. The van der Waals surface area contributed by atoms with E-state index in [2.05, 4.69) is 5.32 Å². The van der Waals surface area contributed by atoms with Crippen LogP contribution in [0.15, 0.2) is 48.5 Å². The predicted molar refractivity (Wildman–Crippen MR) is 195 cm³/mol. The van der Waals surface area contributed by atoms with Gasteiger partial charge in [0.2, 0.25) is 17.7 Å². The van der Waals surface area contributed by atoms with E-state index in [1.807, 2.05) is 13.0 Å². The van der Waals surface area contributed by atoms with Crippen molar-refractivity contribution in [3.8, 4) is 0 Å². The molecule has 0 spiro atoms. The highest BCUT2D eigenvalue weighted by Gasteiger charge is 2.34. The fourth-order valence-corrected chi connectivity index (χ4v) is 5.43. The van der Waals surface area contributed by atoms with Gasteiger partial charge in [-0.3, -0.25) is 47.9 Å². The lowest BCUT2D eigenvalue weighted by Crippen LogP contribution is -2.50. The van der Waals surface area contributed by atoms with Crippen LogP contribution in [0.2, 0.25) is 0 Å². The van der Waals surface area contributed by atoms with Crippen LogP contribution in [-0.2, 0) is 43.2 Å². The number of carboxylic acids is 3. The van der Waals surface area contributed by atoms with Gasteiger partial charge in [-0.25, -0.2) is 4.79 Å². The number of hydrogen-bond acceptors (Lipinski definition) is 12. The molecule has 21 heteroatoms. The van der Waals surface area contributed by atoms with Gasteiger partial charge in [-0.15, -0.1) is 5.06 Å². The molecule has 21 nitrogen and oxygen atoms in total. The number of imide groups is 1. The molecule has 4 N–H and O–H groups in total. The molecule has 0 aliphatic carbocycles. The summed E-state index contributed by atoms with van der Waals surface area (Å²) in [4.78, 5) is 144. The zero-order valence-corrected chi connectivity index (χ0v) is 31.6. The molecule has 0 saturated carbocycles. The van der Waals surface area contributed by atoms with Crippen molar-refractivity contribution in [2.75, 3.05) is 59.4 Å². The highest BCUT2D eigenvalue weighted by Crippen LogP contribution is 2.16. The Kier molecular flexibility index (Phi) is 16.5. The summed E-state index contributed by atoms with van der Waals surface area (Å²) in [6.07, 6.45) is 0.250. The van der Waals surface area contributed by atoms with Gasteiger partial charge in [0.25, 0.3) is 23.6 Å². The standard InChI is InChI=1S/C37H42N6O15/c1-23-7-5-8-24(15-23)35(55)38-13-3-4-14-40(20-32(49)50)31(48)19-41(21-33(51)52)30(47)17-39(2)29(46)18-42(22-34(53)54)36(56)25-9-6-10-26(16-25)37(57)58-43-27(44)11-12-28(43)45/h5-10,15-16H,3-4,11-14,17-22H2,1-2H3,(H,38,55)(H,49,50)(H,51,52)(H,53,54). The number of likely N-dealkylation sites (N-methyl/N-ethyl adjacent to an activating group) is 1. The van der Waals surface area contributed by atoms with Crippen LogP contribution in [0.4, 0.5) is 0 Å². The SMILES string of the molecule is Cc1cccc(C(=O)NCCCCN(CC(=O)O)C(=O)CN(CC(=O)O)C(=O)CN(C)C(=O)CN(CC(=O)O)C(=O)c2cccc(C(=O)ON3C(=O)CCC3=O)c2)c1. The number of nitrogens with one attached hydrogen (secondary N) is 1. The molecule has 1 aliphatic heterocycles. The number of aryl methyl sites for hydroxylation is 1. The number of hydroxylamine groups is 2. The van der Waals surface area contributed by atoms with Crippen LogP contribution in [-0.4, -0.2) is 165 Å². The maximum absolute atomic E-state index is 13.4. The molecule has 0 unspecified atom stereocenters. The number of nitrogens with zero attached hydrogens (tertiary/aromatic N) is 5. The molecule has 58 heavy (non-hydrogen) atoms. The van der Waals surface area contributed by atoms with Crippen molar-refractivity contribution in [3.05, 3.63) is 70.8 Å². The van der Waals surface area contributed by atoms with E-state index < -0.39 is 98.6 Å². The van der Waals surface area contributed by atoms with E-state index >= 15 is 0 Å². The average Bonchev–Trinajstić information content (AvgIpc) is 3.47. The van der Waals surface area contributed by atoms with Crippen LogP contribution >= 0.6 is 0 Å². The Labute approximate surface area is 330 Å². The minimum absolute atomic E-state index is 0.117. The van der Waals surface area contributed by atoms with Gasteiger partial charge in [-0.2, -0.15) is 0 Å². The van der Waals surface area contributed by atoms with E-state index in [0.29, 0.717) is 26.8 Å². The molecule has 0 aromatic heterocycles. The Balaban J connectivity index is 1.63. The summed E-state index contributed by atoms with van der Waals surface area (Å²) in [6.45, 7) is -3.54. The lowest BCUT2D eigenvalue weighted by molar-refractivity contribution is -0.172. The summed E-state index contributed by atoms with van der Waals surface area (Å²) in [5, 5.41) is 31.3. The van der Waals surface area contributed by atoms with Crippen LogP contribution in [0.5, 0.6) is 0 Å². The monoisotopic (exact) mass is 810 g/mol. The largest absolute Gasteiger partial charge is 0.480 e. The van der Waals surface area contributed by atoms with E-state index in [0.717, 1.165) is 28.5 Å². The molecular weight excluding hydrogens is 768 g/mol. The Hall–Kier alpha value is -7.19. The third-order valence-electron chi connectivity index (χ3n) is 8.37. The molecule has 1 heterocycles. The fourth-order valence-electron chi connectivity index (χ4n) is 5.43. The molecule has 0 atom stereocenters. The first-order valence-electron chi connectivity index (χ1n) is 17.6. The molecule has 0 radical (unpaired) electrons. The Morgan fingerprint density at radius 1 is 0.655 bits per heavy atom. The van der Waals surface area contributed by atoms with Gasteiger partial charge < -0.3 is 45.1 Å². The third-order valence-corrected chi connectivity index (χ3v) is 8.37. The van der Waals surface area contributed by atoms with E-state index in [9.17, 15) is 68.1 Å². The highest BCUT2D eigenvalue weighted by atomic mass is 16.7. The van der Waals surface area contributed by atoms with Crippen molar-refractivity contribution in [3.63, 3.8) is 0 Å². The minimum atomic E-state index is -1.54. The van der Waals surface area contributed by atoms with Crippen molar-refractivity contribution in [2.24, 2.45) is 0 Å². The first-order chi connectivity index (χ1) is 27.4. The van der Waals surface area contributed by atoms with Gasteiger partial charge >= 0.3 is 23.9 Å². The maximum Gasteiger partial charge on any atom is 0.363 e.